The summed E-state index contributed by atoms with van der Waals surface area (Å²) < 4.78 is 11.3. The summed E-state index contributed by atoms with van der Waals surface area (Å²) in [6.45, 7) is 12.7. The Bertz CT molecular complexity index is 703. The highest BCUT2D eigenvalue weighted by Crippen LogP contribution is 2.36. The normalized spacial score (nSPS) is 32.8. The molecule has 0 aromatic heterocycles. The average Bonchev–Trinajstić information content (AvgIpc) is 3.55. The molecule has 6 nitrogen and oxygen atoms in total. The van der Waals surface area contributed by atoms with Crippen molar-refractivity contribution in [2.45, 2.75) is 111 Å². The Labute approximate surface area is 206 Å². The standard InChI is InChI=1S/C28H47NO5/c1-7-25(31)22(5)28-26(34-28)18-19(2)12-11-13-20(3)27-21(4)15-16-24(33-23(6)30)14-9-8-10-17-32-29-27/h11-13,15-16,19,21-22,24-29,31H,7-10,14,17-18H2,1-6H3/b12-11?,16-15+,20-13?/t19-,21+,22-,24?,25+,26-,27-,28-/m1/s1. The number of aliphatic hydroxyl groups excluding tert-OH is 1. The van der Waals surface area contributed by atoms with Gasteiger partial charge in [0.25, 0.3) is 0 Å². The largest absolute Gasteiger partial charge is 0.458 e. The molecule has 0 spiro atoms. The van der Waals surface area contributed by atoms with Crippen molar-refractivity contribution < 1.29 is 24.2 Å². The fourth-order valence-electron chi connectivity index (χ4n) is 4.62. The van der Waals surface area contributed by atoms with Gasteiger partial charge in [-0.05, 0) is 56.9 Å². The molecule has 2 heterocycles. The number of hydrogen-bond acceptors (Lipinski definition) is 6. The Balaban J connectivity index is 1.94. The van der Waals surface area contributed by atoms with Gasteiger partial charge >= 0.3 is 5.97 Å². The van der Waals surface area contributed by atoms with Gasteiger partial charge < -0.3 is 19.4 Å². The molecule has 8 atom stereocenters. The van der Waals surface area contributed by atoms with Crippen molar-refractivity contribution in [1.82, 2.24) is 5.48 Å². The number of hydrogen-bond donors (Lipinski definition) is 2. The van der Waals surface area contributed by atoms with Gasteiger partial charge in [-0.1, -0.05) is 64.0 Å². The van der Waals surface area contributed by atoms with Crippen molar-refractivity contribution in [1.29, 1.82) is 0 Å². The van der Waals surface area contributed by atoms with Crippen molar-refractivity contribution in [3.63, 3.8) is 0 Å². The van der Waals surface area contributed by atoms with Crippen molar-refractivity contribution in [3.05, 3.63) is 36.0 Å². The van der Waals surface area contributed by atoms with Crippen molar-refractivity contribution in [3.8, 4) is 0 Å². The molecule has 34 heavy (non-hydrogen) atoms. The smallest absolute Gasteiger partial charge is 0.303 e. The monoisotopic (exact) mass is 477 g/mol. The average molecular weight is 478 g/mol. The Morgan fingerprint density at radius 3 is 2.71 bits per heavy atom. The molecule has 0 amide bonds. The van der Waals surface area contributed by atoms with Crippen LogP contribution < -0.4 is 5.48 Å². The quantitative estimate of drug-likeness (QED) is 0.204. The lowest BCUT2D eigenvalue weighted by Crippen LogP contribution is -2.36. The molecule has 2 N–H and O–H groups in total. The zero-order valence-corrected chi connectivity index (χ0v) is 22.0. The summed E-state index contributed by atoms with van der Waals surface area (Å²) in [4.78, 5) is 17.2. The van der Waals surface area contributed by atoms with Gasteiger partial charge in [-0.15, -0.1) is 0 Å². The molecule has 0 saturated carbocycles. The third-order valence-corrected chi connectivity index (χ3v) is 6.98. The lowest BCUT2D eigenvalue weighted by Gasteiger charge is -2.25. The van der Waals surface area contributed by atoms with Crippen molar-refractivity contribution >= 4 is 5.97 Å². The third-order valence-electron chi connectivity index (χ3n) is 6.98. The Morgan fingerprint density at radius 2 is 2.00 bits per heavy atom. The maximum Gasteiger partial charge on any atom is 0.303 e. The highest BCUT2D eigenvalue weighted by Gasteiger charge is 2.44. The summed E-state index contributed by atoms with van der Waals surface area (Å²) in [5, 5.41) is 10.0. The van der Waals surface area contributed by atoms with E-state index >= 15 is 0 Å². The summed E-state index contributed by atoms with van der Waals surface area (Å²) in [6, 6.07) is 0.0288. The molecule has 2 rings (SSSR count). The van der Waals surface area contributed by atoms with Gasteiger partial charge in [0.05, 0.1) is 31.0 Å². The second-order valence-electron chi connectivity index (χ2n) is 10.2. The van der Waals surface area contributed by atoms with Gasteiger partial charge in [-0.2, -0.15) is 5.48 Å². The Hall–Kier alpha value is -1.47. The number of epoxide rings is 1. The number of rotatable bonds is 9. The molecular weight excluding hydrogens is 430 g/mol. The number of aliphatic hydroxyl groups is 1. The highest BCUT2D eigenvalue weighted by molar-refractivity contribution is 5.66. The first-order valence-corrected chi connectivity index (χ1v) is 13.1. The lowest BCUT2D eigenvalue weighted by atomic mass is 9.93. The van der Waals surface area contributed by atoms with Crippen LogP contribution in [0.15, 0.2) is 36.0 Å². The fourth-order valence-corrected chi connectivity index (χ4v) is 4.62. The van der Waals surface area contributed by atoms with E-state index in [4.69, 9.17) is 14.3 Å². The molecule has 1 fully saturated rings. The zero-order chi connectivity index (χ0) is 25.1. The second kappa shape index (κ2) is 14.8. The van der Waals surface area contributed by atoms with E-state index in [1.54, 1.807) is 0 Å². The number of hydroxylamine groups is 1. The van der Waals surface area contributed by atoms with Crippen LogP contribution in [0.2, 0.25) is 0 Å². The summed E-state index contributed by atoms with van der Waals surface area (Å²) in [5.41, 5.74) is 4.43. The summed E-state index contributed by atoms with van der Waals surface area (Å²) in [6.07, 6.45) is 16.2. The van der Waals surface area contributed by atoms with Crippen molar-refractivity contribution in [2.75, 3.05) is 6.61 Å². The van der Waals surface area contributed by atoms with E-state index in [2.05, 4.69) is 57.5 Å². The first kappa shape index (κ1) is 28.8. The summed E-state index contributed by atoms with van der Waals surface area (Å²) in [7, 11) is 0. The van der Waals surface area contributed by atoms with Crippen LogP contribution in [0.25, 0.3) is 0 Å². The molecule has 0 bridgehead atoms. The van der Waals surface area contributed by atoms with Gasteiger partial charge in [-0.3, -0.25) is 4.79 Å². The van der Waals surface area contributed by atoms with E-state index in [1.807, 2.05) is 13.0 Å². The third kappa shape index (κ3) is 10.0. The maximum atomic E-state index is 11.5. The zero-order valence-electron chi connectivity index (χ0n) is 22.0. The van der Waals surface area contributed by atoms with Crippen molar-refractivity contribution in [2.24, 2.45) is 17.8 Å². The van der Waals surface area contributed by atoms with Gasteiger partial charge in [0.1, 0.15) is 6.10 Å². The number of carbonyl (C=O) groups excluding carboxylic acids is 1. The molecule has 0 aromatic rings. The first-order chi connectivity index (χ1) is 16.2. The lowest BCUT2D eigenvalue weighted by molar-refractivity contribution is -0.144. The van der Waals surface area contributed by atoms with E-state index in [0.717, 1.165) is 38.5 Å². The number of allylic oxidation sites excluding steroid dienone is 3. The Kier molecular flexibility index (Phi) is 12.5. The fraction of sp³-hybridized carbons (Fsp3) is 0.750. The number of nitrogens with one attached hydrogen (secondary N) is 1. The van der Waals surface area contributed by atoms with Crippen LogP contribution in [0, 0.1) is 17.8 Å². The van der Waals surface area contributed by atoms with Gasteiger partial charge in [0, 0.05) is 12.8 Å². The molecule has 0 aromatic carbocycles. The maximum absolute atomic E-state index is 11.5. The molecule has 2 aliphatic heterocycles. The van der Waals surface area contributed by atoms with E-state index in [0.29, 0.717) is 12.5 Å². The Morgan fingerprint density at radius 1 is 1.24 bits per heavy atom. The van der Waals surface area contributed by atoms with E-state index in [-0.39, 0.29) is 48.3 Å². The minimum absolute atomic E-state index is 0.0288. The van der Waals surface area contributed by atoms with Crippen LogP contribution in [-0.2, 0) is 19.1 Å². The predicted molar refractivity (Wildman–Crippen MR) is 136 cm³/mol. The SMILES string of the molecule is CC[C@H](O)[C@@H](C)[C@H]1O[C@@H]1C[C@H](C)C=CC=C(C)[C@H]1NOCCCCCC(OC(C)=O)/C=C/[C@@H]1C. The second-order valence-corrected chi connectivity index (χ2v) is 10.2. The molecule has 2 aliphatic rings. The van der Waals surface area contributed by atoms with Gasteiger partial charge in [0.2, 0.25) is 0 Å². The van der Waals surface area contributed by atoms with Crippen LogP contribution in [-0.4, -0.2) is 48.1 Å². The van der Waals surface area contributed by atoms with Crippen LogP contribution in [0.1, 0.15) is 80.1 Å². The molecular formula is C28H47NO5. The minimum Gasteiger partial charge on any atom is -0.458 e. The van der Waals surface area contributed by atoms with Crippen LogP contribution in [0.5, 0.6) is 0 Å². The van der Waals surface area contributed by atoms with Crippen LogP contribution in [0.3, 0.4) is 0 Å². The molecule has 0 radical (unpaired) electrons. The van der Waals surface area contributed by atoms with Gasteiger partial charge in [-0.25, -0.2) is 0 Å². The molecule has 6 heteroatoms. The van der Waals surface area contributed by atoms with Crippen LogP contribution >= 0.6 is 0 Å². The molecule has 1 saturated heterocycles. The first-order valence-electron chi connectivity index (χ1n) is 13.1. The van der Waals surface area contributed by atoms with E-state index in [1.165, 1.54) is 12.5 Å². The van der Waals surface area contributed by atoms with E-state index < -0.39 is 0 Å². The summed E-state index contributed by atoms with van der Waals surface area (Å²) in [5.74, 6) is 0.524. The molecule has 194 valence electrons. The van der Waals surface area contributed by atoms with E-state index in [9.17, 15) is 9.90 Å². The van der Waals surface area contributed by atoms with Gasteiger partial charge in [0.15, 0.2) is 0 Å². The predicted octanol–water partition coefficient (Wildman–Crippen LogP) is 5.28. The number of carbonyl (C=O) groups is 1. The molecule has 0 aliphatic carbocycles. The number of esters is 1. The topological polar surface area (TPSA) is 80.3 Å². The van der Waals surface area contributed by atoms with Crippen LogP contribution in [0.4, 0.5) is 0 Å². The highest BCUT2D eigenvalue weighted by atomic mass is 16.6. The minimum atomic E-state index is -0.285. The molecule has 1 unspecified atom stereocenters. The summed E-state index contributed by atoms with van der Waals surface area (Å²) >= 11 is 0. The number of ether oxygens (including phenoxy) is 2.